The molecule has 0 aliphatic heterocycles. The predicted octanol–water partition coefficient (Wildman–Crippen LogP) is 3.80. The Kier molecular flexibility index (Phi) is 7.50. The van der Waals surface area contributed by atoms with Crippen LogP contribution >= 0.6 is 0 Å². The van der Waals surface area contributed by atoms with Gasteiger partial charge >= 0.3 is 6.09 Å². The van der Waals surface area contributed by atoms with Gasteiger partial charge in [-0.05, 0) is 52.4 Å². The Hall–Kier alpha value is -0.770. The highest BCUT2D eigenvalue weighted by molar-refractivity contribution is 5.68. The molecular formula is C17H34N2O2. The van der Waals surface area contributed by atoms with Crippen molar-refractivity contribution in [2.75, 3.05) is 19.6 Å². The smallest absolute Gasteiger partial charge is 0.410 e. The van der Waals surface area contributed by atoms with Crippen molar-refractivity contribution in [3.63, 3.8) is 0 Å². The quantitative estimate of drug-likeness (QED) is 0.777. The topological polar surface area (TPSA) is 41.6 Å². The highest BCUT2D eigenvalue weighted by atomic mass is 16.6. The number of carbonyl (C=O) groups is 1. The highest BCUT2D eigenvalue weighted by Crippen LogP contribution is 2.27. The molecule has 2 atom stereocenters. The number of hydrogen-bond donors (Lipinski definition) is 1. The van der Waals surface area contributed by atoms with E-state index in [1.165, 1.54) is 25.7 Å². The van der Waals surface area contributed by atoms with Crippen LogP contribution in [0.1, 0.15) is 66.7 Å². The summed E-state index contributed by atoms with van der Waals surface area (Å²) in [7, 11) is 0. The number of nitrogens with one attached hydrogen (secondary N) is 1. The number of nitrogens with zero attached hydrogens (tertiary/aromatic N) is 1. The molecular weight excluding hydrogens is 264 g/mol. The summed E-state index contributed by atoms with van der Waals surface area (Å²) in [6.45, 7) is 12.5. The molecule has 1 rings (SSSR count). The molecule has 0 bridgehead atoms. The first-order valence-electron chi connectivity index (χ1n) is 8.57. The molecule has 1 amide bonds. The average Bonchev–Trinajstić information content (AvgIpc) is 2.83. The van der Waals surface area contributed by atoms with Gasteiger partial charge in [0.1, 0.15) is 5.60 Å². The van der Waals surface area contributed by atoms with E-state index in [9.17, 15) is 4.79 Å². The minimum absolute atomic E-state index is 0.191. The maximum atomic E-state index is 12.2. The lowest BCUT2D eigenvalue weighted by atomic mass is 10.1. The van der Waals surface area contributed by atoms with E-state index in [-0.39, 0.29) is 6.09 Å². The molecule has 4 heteroatoms. The van der Waals surface area contributed by atoms with Crippen molar-refractivity contribution in [3.8, 4) is 0 Å². The van der Waals surface area contributed by atoms with E-state index in [4.69, 9.17) is 4.74 Å². The highest BCUT2D eigenvalue weighted by Gasteiger charge is 2.24. The summed E-state index contributed by atoms with van der Waals surface area (Å²) in [6.07, 6.45) is 5.97. The molecule has 1 N–H and O–H groups in total. The van der Waals surface area contributed by atoms with Gasteiger partial charge in [-0.25, -0.2) is 4.79 Å². The van der Waals surface area contributed by atoms with Crippen LogP contribution in [0.3, 0.4) is 0 Å². The van der Waals surface area contributed by atoms with Gasteiger partial charge in [0, 0.05) is 25.7 Å². The van der Waals surface area contributed by atoms with E-state index >= 15 is 0 Å². The summed E-state index contributed by atoms with van der Waals surface area (Å²) >= 11 is 0. The number of amides is 1. The molecule has 0 radical (unpaired) electrons. The van der Waals surface area contributed by atoms with Gasteiger partial charge in [-0.15, -0.1) is 0 Å². The van der Waals surface area contributed by atoms with E-state index in [1.54, 1.807) is 0 Å². The zero-order chi connectivity index (χ0) is 15.9. The first kappa shape index (κ1) is 18.3. The van der Waals surface area contributed by atoms with Gasteiger partial charge in [0.05, 0.1) is 0 Å². The average molecular weight is 298 g/mol. The Balaban J connectivity index is 2.32. The van der Waals surface area contributed by atoms with Gasteiger partial charge in [-0.2, -0.15) is 0 Å². The molecule has 0 aromatic heterocycles. The van der Waals surface area contributed by atoms with Crippen LogP contribution < -0.4 is 5.32 Å². The molecule has 0 aromatic rings. The Bertz CT molecular complexity index is 312. The molecule has 0 aromatic carbocycles. The summed E-state index contributed by atoms with van der Waals surface area (Å²) in [5.74, 6) is 0.889. The van der Waals surface area contributed by atoms with Crippen molar-refractivity contribution in [1.82, 2.24) is 10.2 Å². The van der Waals surface area contributed by atoms with Crippen LogP contribution in [-0.2, 0) is 4.74 Å². The number of hydrogen-bond acceptors (Lipinski definition) is 3. The van der Waals surface area contributed by atoms with Crippen LogP contribution in [0.5, 0.6) is 0 Å². The Morgan fingerprint density at radius 2 is 1.95 bits per heavy atom. The SMILES string of the molecule is CCCN(CCNC1CCC(CC)C1)C(=O)OC(C)(C)C. The van der Waals surface area contributed by atoms with E-state index in [0.717, 1.165) is 32.0 Å². The Labute approximate surface area is 130 Å². The molecule has 1 saturated carbocycles. The van der Waals surface area contributed by atoms with Crippen molar-refractivity contribution in [2.45, 2.75) is 78.4 Å². The first-order chi connectivity index (χ1) is 9.85. The molecule has 0 spiro atoms. The minimum Gasteiger partial charge on any atom is -0.444 e. The largest absolute Gasteiger partial charge is 0.444 e. The minimum atomic E-state index is -0.420. The molecule has 21 heavy (non-hydrogen) atoms. The predicted molar refractivity (Wildman–Crippen MR) is 87.5 cm³/mol. The molecule has 1 aliphatic carbocycles. The van der Waals surface area contributed by atoms with Crippen molar-refractivity contribution in [2.24, 2.45) is 5.92 Å². The molecule has 2 unspecified atom stereocenters. The fourth-order valence-electron chi connectivity index (χ4n) is 2.93. The van der Waals surface area contributed by atoms with Gasteiger partial charge in [0.25, 0.3) is 0 Å². The summed E-state index contributed by atoms with van der Waals surface area (Å²) in [6, 6.07) is 0.636. The Morgan fingerprint density at radius 1 is 1.24 bits per heavy atom. The normalized spacial score (nSPS) is 22.3. The summed E-state index contributed by atoms with van der Waals surface area (Å²) in [5.41, 5.74) is -0.420. The van der Waals surface area contributed by atoms with E-state index in [0.29, 0.717) is 6.04 Å². The summed E-state index contributed by atoms with van der Waals surface area (Å²) in [5, 5.41) is 3.60. The monoisotopic (exact) mass is 298 g/mol. The van der Waals surface area contributed by atoms with E-state index < -0.39 is 5.60 Å². The lowest BCUT2D eigenvalue weighted by molar-refractivity contribution is 0.0250. The third kappa shape index (κ3) is 7.16. The lowest BCUT2D eigenvalue weighted by Crippen LogP contribution is -2.42. The maximum absolute atomic E-state index is 12.2. The molecule has 124 valence electrons. The van der Waals surface area contributed by atoms with E-state index in [1.807, 2.05) is 25.7 Å². The fourth-order valence-corrected chi connectivity index (χ4v) is 2.93. The van der Waals surface area contributed by atoms with Crippen LogP contribution in [-0.4, -0.2) is 42.3 Å². The van der Waals surface area contributed by atoms with Gasteiger partial charge < -0.3 is 15.0 Å². The van der Waals surface area contributed by atoms with Crippen molar-refractivity contribution in [3.05, 3.63) is 0 Å². The van der Waals surface area contributed by atoms with Crippen LogP contribution in [0.15, 0.2) is 0 Å². The summed E-state index contributed by atoms with van der Waals surface area (Å²) < 4.78 is 5.47. The van der Waals surface area contributed by atoms with Crippen LogP contribution in [0.4, 0.5) is 4.79 Å². The van der Waals surface area contributed by atoms with Crippen molar-refractivity contribution >= 4 is 6.09 Å². The molecule has 0 heterocycles. The van der Waals surface area contributed by atoms with Crippen LogP contribution in [0.25, 0.3) is 0 Å². The fraction of sp³-hybridized carbons (Fsp3) is 0.941. The second-order valence-corrected chi connectivity index (χ2v) is 7.21. The van der Waals surface area contributed by atoms with Crippen LogP contribution in [0, 0.1) is 5.92 Å². The molecule has 0 saturated heterocycles. The van der Waals surface area contributed by atoms with Crippen molar-refractivity contribution in [1.29, 1.82) is 0 Å². The van der Waals surface area contributed by atoms with Gasteiger partial charge in [-0.1, -0.05) is 20.3 Å². The van der Waals surface area contributed by atoms with Gasteiger partial charge in [0.2, 0.25) is 0 Å². The number of ether oxygens (including phenoxy) is 1. The first-order valence-corrected chi connectivity index (χ1v) is 8.57. The second kappa shape index (κ2) is 8.62. The third-order valence-corrected chi connectivity index (χ3v) is 4.08. The number of carbonyl (C=O) groups excluding carboxylic acids is 1. The Morgan fingerprint density at radius 3 is 2.48 bits per heavy atom. The maximum Gasteiger partial charge on any atom is 0.410 e. The standard InChI is InChI=1S/C17H34N2O2/c1-6-11-19(16(20)21-17(3,4)5)12-10-18-15-9-8-14(7-2)13-15/h14-15,18H,6-13H2,1-5H3. The second-order valence-electron chi connectivity index (χ2n) is 7.21. The molecule has 1 aliphatic rings. The molecule has 4 nitrogen and oxygen atoms in total. The zero-order valence-corrected chi connectivity index (χ0v) is 14.6. The summed E-state index contributed by atoms with van der Waals surface area (Å²) in [4.78, 5) is 14.0. The van der Waals surface area contributed by atoms with Crippen LogP contribution in [0.2, 0.25) is 0 Å². The zero-order valence-electron chi connectivity index (χ0n) is 14.6. The van der Waals surface area contributed by atoms with Gasteiger partial charge in [-0.3, -0.25) is 0 Å². The molecule has 1 fully saturated rings. The van der Waals surface area contributed by atoms with Crippen molar-refractivity contribution < 1.29 is 9.53 Å². The van der Waals surface area contributed by atoms with Gasteiger partial charge in [0.15, 0.2) is 0 Å². The lowest BCUT2D eigenvalue weighted by Gasteiger charge is -2.27. The van der Waals surface area contributed by atoms with E-state index in [2.05, 4.69) is 19.2 Å². The third-order valence-electron chi connectivity index (χ3n) is 4.08. The number of rotatable bonds is 7.